The lowest BCUT2D eigenvalue weighted by Gasteiger charge is -2.13. The summed E-state index contributed by atoms with van der Waals surface area (Å²) in [6.45, 7) is 4.15. The van der Waals surface area contributed by atoms with Crippen molar-refractivity contribution in [2.45, 2.75) is 32.9 Å². The first-order valence-electron chi connectivity index (χ1n) is 6.99. The Hall–Kier alpha value is -1.47. The van der Waals surface area contributed by atoms with E-state index in [1.807, 2.05) is 0 Å². The van der Waals surface area contributed by atoms with E-state index in [0.717, 1.165) is 0 Å². The van der Waals surface area contributed by atoms with Crippen LogP contribution in [0.15, 0.2) is 29.0 Å². The first kappa shape index (κ1) is 18.6. The van der Waals surface area contributed by atoms with Crippen LogP contribution in [0.1, 0.15) is 20.3 Å². The molecule has 0 aliphatic heterocycles. The SMILES string of the molecule is CCOP(=O)(/C=C/C(O)CCn1ccc(N)nc1=O)OCC. The molecule has 0 radical (unpaired) electrons. The highest BCUT2D eigenvalue weighted by Gasteiger charge is 2.19. The van der Waals surface area contributed by atoms with E-state index in [1.54, 1.807) is 13.8 Å². The number of hydrogen-bond donors (Lipinski definition) is 2. The van der Waals surface area contributed by atoms with Gasteiger partial charge in [0.25, 0.3) is 0 Å². The van der Waals surface area contributed by atoms with Crippen LogP contribution in [0.25, 0.3) is 0 Å². The molecule has 0 saturated heterocycles. The topological polar surface area (TPSA) is 117 Å². The highest BCUT2D eigenvalue weighted by atomic mass is 31.2. The average Bonchev–Trinajstić information content (AvgIpc) is 2.45. The monoisotopic (exact) mass is 331 g/mol. The predicted octanol–water partition coefficient (Wildman–Crippen LogP) is 1.36. The van der Waals surface area contributed by atoms with Gasteiger partial charge in [0.15, 0.2) is 0 Å². The van der Waals surface area contributed by atoms with Gasteiger partial charge in [-0.15, -0.1) is 0 Å². The summed E-state index contributed by atoms with van der Waals surface area (Å²) in [4.78, 5) is 15.1. The van der Waals surface area contributed by atoms with Crippen molar-refractivity contribution in [1.29, 1.82) is 0 Å². The van der Waals surface area contributed by atoms with Crippen molar-refractivity contribution in [3.05, 3.63) is 34.6 Å². The van der Waals surface area contributed by atoms with E-state index in [0.29, 0.717) is 0 Å². The number of aliphatic hydroxyl groups excluding tert-OH is 1. The fourth-order valence-corrected chi connectivity index (χ4v) is 3.04. The Morgan fingerprint density at radius 2 is 2.09 bits per heavy atom. The van der Waals surface area contributed by atoms with E-state index < -0.39 is 19.4 Å². The lowest BCUT2D eigenvalue weighted by atomic mass is 10.2. The van der Waals surface area contributed by atoms with Crippen molar-refractivity contribution in [2.75, 3.05) is 18.9 Å². The van der Waals surface area contributed by atoms with Gasteiger partial charge in [0, 0.05) is 18.6 Å². The molecule has 22 heavy (non-hydrogen) atoms. The molecule has 0 aromatic carbocycles. The van der Waals surface area contributed by atoms with Gasteiger partial charge in [-0.2, -0.15) is 4.98 Å². The molecular formula is C13H22N3O5P. The van der Waals surface area contributed by atoms with Crippen LogP contribution in [0.2, 0.25) is 0 Å². The largest absolute Gasteiger partial charge is 0.389 e. The fourth-order valence-electron chi connectivity index (χ4n) is 1.67. The van der Waals surface area contributed by atoms with Crippen LogP contribution < -0.4 is 11.4 Å². The van der Waals surface area contributed by atoms with Gasteiger partial charge in [-0.25, -0.2) is 4.79 Å². The lowest BCUT2D eigenvalue weighted by molar-refractivity contribution is 0.203. The maximum Gasteiger partial charge on any atom is 0.353 e. The molecule has 3 N–H and O–H groups in total. The number of anilines is 1. The normalized spacial score (nSPS) is 13.6. The van der Waals surface area contributed by atoms with Gasteiger partial charge in [0.05, 0.1) is 19.3 Å². The molecule has 0 fully saturated rings. The molecule has 1 unspecified atom stereocenters. The smallest absolute Gasteiger partial charge is 0.353 e. The molecule has 1 atom stereocenters. The van der Waals surface area contributed by atoms with Gasteiger partial charge >= 0.3 is 13.3 Å². The molecule has 8 nitrogen and oxygen atoms in total. The maximum atomic E-state index is 12.2. The number of hydrogen-bond acceptors (Lipinski definition) is 7. The molecular weight excluding hydrogens is 309 g/mol. The number of aromatic nitrogens is 2. The molecule has 0 amide bonds. The highest BCUT2D eigenvalue weighted by Crippen LogP contribution is 2.49. The second-order valence-corrected chi connectivity index (χ2v) is 6.30. The Morgan fingerprint density at radius 1 is 1.45 bits per heavy atom. The molecule has 0 saturated carbocycles. The second-order valence-electron chi connectivity index (χ2n) is 4.40. The van der Waals surface area contributed by atoms with Gasteiger partial charge in [0.1, 0.15) is 5.82 Å². The minimum Gasteiger partial charge on any atom is -0.389 e. The number of aliphatic hydroxyl groups is 1. The van der Waals surface area contributed by atoms with Crippen LogP contribution in [0.4, 0.5) is 5.82 Å². The van der Waals surface area contributed by atoms with E-state index in [4.69, 9.17) is 14.8 Å². The van der Waals surface area contributed by atoms with Crippen molar-refractivity contribution >= 4 is 13.4 Å². The second kappa shape index (κ2) is 8.85. The first-order valence-corrected chi connectivity index (χ1v) is 8.60. The van der Waals surface area contributed by atoms with Crippen LogP contribution in [0, 0.1) is 0 Å². The van der Waals surface area contributed by atoms with E-state index in [9.17, 15) is 14.5 Å². The summed E-state index contributed by atoms with van der Waals surface area (Å²) >= 11 is 0. The van der Waals surface area contributed by atoms with Gasteiger partial charge < -0.3 is 19.9 Å². The highest BCUT2D eigenvalue weighted by molar-refractivity contribution is 7.57. The molecule has 0 spiro atoms. The van der Waals surface area contributed by atoms with Gasteiger partial charge in [-0.3, -0.25) is 9.13 Å². The summed E-state index contributed by atoms with van der Waals surface area (Å²) in [6, 6.07) is 1.50. The van der Waals surface area contributed by atoms with Crippen molar-refractivity contribution in [2.24, 2.45) is 0 Å². The molecule has 124 valence electrons. The zero-order valence-electron chi connectivity index (χ0n) is 12.7. The number of aryl methyl sites for hydroxylation is 1. The molecule has 9 heteroatoms. The summed E-state index contributed by atoms with van der Waals surface area (Å²) in [5.74, 6) is 1.39. The van der Waals surface area contributed by atoms with E-state index in [1.165, 1.54) is 28.7 Å². The Balaban J connectivity index is 2.61. The van der Waals surface area contributed by atoms with Gasteiger partial charge in [-0.05, 0) is 32.4 Å². The molecule has 1 aromatic rings. The van der Waals surface area contributed by atoms with Crippen LogP contribution in [-0.4, -0.2) is 34.0 Å². The summed E-state index contributed by atoms with van der Waals surface area (Å²) < 4.78 is 23.6. The molecule has 0 aliphatic carbocycles. The zero-order valence-corrected chi connectivity index (χ0v) is 13.6. The minimum atomic E-state index is -3.32. The first-order chi connectivity index (χ1) is 10.4. The Bertz CT molecular complexity index is 592. The minimum absolute atomic E-state index is 0.149. The summed E-state index contributed by atoms with van der Waals surface area (Å²) in [5, 5.41) is 9.88. The quantitative estimate of drug-likeness (QED) is 0.656. The number of nitrogens with zero attached hydrogens (tertiary/aromatic N) is 2. The number of rotatable bonds is 9. The molecule has 1 heterocycles. The zero-order chi connectivity index (χ0) is 16.6. The molecule has 0 bridgehead atoms. The van der Waals surface area contributed by atoms with Crippen molar-refractivity contribution < 1.29 is 18.7 Å². The maximum absolute atomic E-state index is 12.2. The summed E-state index contributed by atoms with van der Waals surface area (Å²) in [5.41, 5.74) is 4.91. The average molecular weight is 331 g/mol. The Labute approximate surface area is 129 Å². The standard InChI is InChI=1S/C13H22N3O5P/c1-3-20-22(19,21-4-2)10-7-11(17)5-8-16-9-6-12(14)15-13(16)18/h6-7,9-11,17H,3-5,8H2,1-2H3,(H2,14,15,18)/b10-7+. The van der Waals surface area contributed by atoms with Crippen LogP contribution in [-0.2, 0) is 20.2 Å². The van der Waals surface area contributed by atoms with E-state index in [2.05, 4.69) is 4.98 Å². The van der Waals surface area contributed by atoms with Gasteiger partial charge in [0.2, 0.25) is 0 Å². The third-order valence-electron chi connectivity index (χ3n) is 2.67. The number of nitrogens with two attached hydrogens (primary N) is 1. The summed E-state index contributed by atoms with van der Waals surface area (Å²) in [7, 11) is -3.32. The van der Waals surface area contributed by atoms with Crippen molar-refractivity contribution in [3.8, 4) is 0 Å². The Kier molecular flexibility index (Phi) is 7.47. The number of nitrogen functional groups attached to an aromatic ring is 1. The third kappa shape index (κ3) is 6.11. The van der Waals surface area contributed by atoms with Crippen LogP contribution >= 0.6 is 7.60 Å². The third-order valence-corrected chi connectivity index (χ3v) is 4.44. The molecule has 0 aliphatic rings. The fraction of sp³-hybridized carbons (Fsp3) is 0.538. The molecule has 1 aromatic heterocycles. The summed E-state index contributed by atoms with van der Waals surface area (Å²) in [6.07, 6.45) is 2.22. The van der Waals surface area contributed by atoms with E-state index in [-0.39, 0.29) is 32.0 Å². The molecule has 1 rings (SSSR count). The van der Waals surface area contributed by atoms with E-state index >= 15 is 0 Å². The van der Waals surface area contributed by atoms with Crippen LogP contribution in [0.5, 0.6) is 0 Å². The van der Waals surface area contributed by atoms with Crippen LogP contribution in [0.3, 0.4) is 0 Å². The van der Waals surface area contributed by atoms with Crippen molar-refractivity contribution in [3.63, 3.8) is 0 Å². The predicted molar refractivity (Wildman–Crippen MR) is 83.5 cm³/mol. The van der Waals surface area contributed by atoms with Crippen molar-refractivity contribution in [1.82, 2.24) is 9.55 Å². The lowest BCUT2D eigenvalue weighted by Crippen LogP contribution is -2.24. The Morgan fingerprint density at radius 3 is 2.64 bits per heavy atom. The van der Waals surface area contributed by atoms with Gasteiger partial charge in [-0.1, -0.05) is 0 Å².